The fraction of sp³-hybridized carbons (Fsp3) is 0.353. The van der Waals surface area contributed by atoms with E-state index < -0.39 is 0 Å². The van der Waals surface area contributed by atoms with Gasteiger partial charge in [-0.05, 0) is 43.9 Å². The first-order chi connectivity index (χ1) is 9.83. The highest BCUT2D eigenvalue weighted by Gasteiger charge is 2.14. The van der Waals surface area contributed by atoms with Crippen LogP contribution >= 0.6 is 11.3 Å². The van der Waals surface area contributed by atoms with Crippen LogP contribution in [0.3, 0.4) is 0 Å². The number of rotatable bonds is 2. The second-order valence-corrected chi connectivity index (χ2v) is 5.46. The van der Waals surface area contributed by atoms with Crippen LogP contribution in [0.1, 0.15) is 44.2 Å². The first kappa shape index (κ1) is 14.8. The van der Waals surface area contributed by atoms with E-state index >= 15 is 0 Å². The molecule has 106 valence electrons. The Morgan fingerprint density at radius 2 is 2.10 bits per heavy atom. The molecular weight excluding hydrogens is 266 g/mol. The topological polar surface area (TPSA) is 22.1 Å². The van der Waals surface area contributed by atoms with E-state index in [-0.39, 0.29) is 0 Å². The van der Waals surface area contributed by atoms with Crippen molar-refractivity contribution in [3.63, 3.8) is 0 Å². The molecule has 0 fully saturated rings. The van der Waals surface area contributed by atoms with Gasteiger partial charge in [0.1, 0.15) is 5.76 Å². The van der Waals surface area contributed by atoms with Crippen LogP contribution in [0.5, 0.6) is 5.19 Å². The molecule has 2 aliphatic carbocycles. The van der Waals surface area contributed by atoms with E-state index in [1.165, 1.54) is 4.88 Å². The number of nitrogens with zero attached hydrogens (tertiary/aromatic N) is 1. The van der Waals surface area contributed by atoms with E-state index in [0.717, 1.165) is 41.5 Å². The minimum atomic E-state index is 0.757. The second kappa shape index (κ2) is 7.25. The molecule has 0 atom stereocenters. The lowest BCUT2D eigenvalue weighted by molar-refractivity contribution is 0.431. The van der Waals surface area contributed by atoms with Gasteiger partial charge in [-0.15, -0.1) is 0 Å². The number of thiazole rings is 1. The van der Waals surface area contributed by atoms with E-state index in [4.69, 9.17) is 4.74 Å². The summed E-state index contributed by atoms with van der Waals surface area (Å²) in [6, 6.07) is 0. The molecule has 0 bridgehead atoms. The standard InChI is InChI=1S/C15H15NOS.C2H6/c1-11-7-3-2-4-9-13(11)17-15-16-12-8-5-6-10-14(12)18-15;1-2/h2-3,5,7-9H,4,6,10H2,1H3;1-2H3. The van der Waals surface area contributed by atoms with Crippen molar-refractivity contribution in [3.05, 3.63) is 52.3 Å². The van der Waals surface area contributed by atoms with Crippen LogP contribution in [0.25, 0.3) is 6.08 Å². The average molecular weight is 287 g/mol. The summed E-state index contributed by atoms with van der Waals surface area (Å²) in [6.45, 7) is 6.06. The molecule has 3 rings (SSSR count). The predicted octanol–water partition coefficient (Wildman–Crippen LogP) is 5.30. The van der Waals surface area contributed by atoms with Gasteiger partial charge < -0.3 is 4.74 Å². The summed E-state index contributed by atoms with van der Waals surface area (Å²) in [7, 11) is 0. The highest BCUT2D eigenvalue weighted by atomic mass is 32.1. The van der Waals surface area contributed by atoms with Crippen molar-refractivity contribution in [1.82, 2.24) is 4.98 Å². The van der Waals surface area contributed by atoms with Crippen LogP contribution in [0.15, 0.2) is 41.7 Å². The summed E-state index contributed by atoms with van der Waals surface area (Å²) in [5, 5.41) is 0.757. The normalized spacial score (nSPS) is 16.4. The Balaban J connectivity index is 0.000000704. The quantitative estimate of drug-likeness (QED) is 0.736. The van der Waals surface area contributed by atoms with Gasteiger partial charge in [-0.2, -0.15) is 0 Å². The molecule has 0 aromatic carbocycles. The SMILES string of the molecule is CC.CC1=CC=CCC=C1Oc1nc2c(s1)CCC=C2. The van der Waals surface area contributed by atoms with Crippen molar-refractivity contribution in [2.24, 2.45) is 0 Å². The van der Waals surface area contributed by atoms with E-state index in [9.17, 15) is 0 Å². The fourth-order valence-corrected chi connectivity index (χ4v) is 2.95. The van der Waals surface area contributed by atoms with Crippen LogP contribution < -0.4 is 4.74 Å². The van der Waals surface area contributed by atoms with Crippen LogP contribution in [0.2, 0.25) is 0 Å². The second-order valence-electron chi connectivity index (χ2n) is 4.41. The van der Waals surface area contributed by atoms with Gasteiger partial charge in [-0.25, -0.2) is 4.98 Å². The van der Waals surface area contributed by atoms with Gasteiger partial charge >= 0.3 is 0 Å². The minimum absolute atomic E-state index is 0.757. The Bertz CT molecular complexity index is 576. The zero-order chi connectivity index (χ0) is 14.4. The Morgan fingerprint density at radius 1 is 1.25 bits per heavy atom. The fourth-order valence-electron chi connectivity index (χ4n) is 2.03. The number of aryl methyl sites for hydroxylation is 1. The van der Waals surface area contributed by atoms with Gasteiger partial charge in [-0.3, -0.25) is 0 Å². The third-order valence-corrected chi connectivity index (χ3v) is 4.04. The number of aromatic nitrogens is 1. The molecular formula is C17H21NOS. The molecule has 1 heterocycles. The summed E-state index contributed by atoms with van der Waals surface area (Å²) in [5.74, 6) is 0.926. The molecule has 0 amide bonds. The summed E-state index contributed by atoms with van der Waals surface area (Å²) < 4.78 is 5.93. The monoisotopic (exact) mass is 287 g/mol. The van der Waals surface area contributed by atoms with Gasteiger partial charge in [0, 0.05) is 4.88 Å². The molecule has 0 saturated carbocycles. The number of hydrogen-bond donors (Lipinski definition) is 0. The Kier molecular flexibility index (Phi) is 5.36. The molecule has 0 saturated heterocycles. The lowest BCUT2D eigenvalue weighted by atomic mass is 10.1. The molecule has 20 heavy (non-hydrogen) atoms. The number of allylic oxidation sites excluding steroid dienone is 6. The zero-order valence-corrected chi connectivity index (χ0v) is 13.2. The largest absolute Gasteiger partial charge is 0.431 e. The van der Waals surface area contributed by atoms with Crippen LogP contribution in [0.4, 0.5) is 0 Å². The first-order valence-electron chi connectivity index (χ1n) is 7.21. The van der Waals surface area contributed by atoms with Crippen molar-refractivity contribution in [3.8, 4) is 5.19 Å². The van der Waals surface area contributed by atoms with Gasteiger partial charge in [0.15, 0.2) is 0 Å². The number of ether oxygens (including phenoxy) is 1. The maximum absolute atomic E-state index is 5.93. The van der Waals surface area contributed by atoms with Crippen LogP contribution in [0, 0.1) is 0 Å². The molecule has 2 aliphatic rings. The lowest BCUT2D eigenvalue weighted by Crippen LogP contribution is -1.96. The van der Waals surface area contributed by atoms with Gasteiger partial charge in [0.05, 0.1) is 5.69 Å². The number of fused-ring (bicyclic) bond motifs is 1. The third kappa shape index (κ3) is 3.48. The smallest absolute Gasteiger partial charge is 0.279 e. The van der Waals surface area contributed by atoms with Crippen LogP contribution in [-0.4, -0.2) is 4.98 Å². The molecule has 0 spiro atoms. The predicted molar refractivity (Wildman–Crippen MR) is 87.0 cm³/mol. The first-order valence-corrected chi connectivity index (χ1v) is 8.02. The Labute approximate surface area is 125 Å². The summed E-state index contributed by atoms with van der Waals surface area (Å²) >= 11 is 1.66. The summed E-state index contributed by atoms with van der Waals surface area (Å²) in [5.41, 5.74) is 2.22. The van der Waals surface area contributed by atoms with E-state index in [2.05, 4.69) is 48.4 Å². The molecule has 2 nitrogen and oxygen atoms in total. The molecule has 0 radical (unpaired) electrons. The highest BCUT2D eigenvalue weighted by Crippen LogP contribution is 2.32. The van der Waals surface area contributed by atoms with Crippen molar-refractivity contribution in [2.45, 2.75) is 40.0 Å². The van der Waals surface area contributed by atoms with E-state index in [1.54, 1.807) is 11.3 Å². The van der Waals surface area contributed by atoms with Crippen molar-refractivity contribution < 1.29 is 4.74 Å². The van der Waals surface area contributed by atoms with Crippen molar-refractivity contribution >= 4 is 17.4 Å². The van der Waals surface area contributed by atoms with Gasteiger partial charge in [0.2, 0.25) is 0 Å². The highest BCUT2D eigenvalue weighted by molar-refractivity contribution is 7.13. The zero-order valence-electron chi connectivity index (χ0n) is 12.3. The number of hydrogen-bond acceptors (Lipinski definition) is 3. The van der Waals surface area contributed by atoms with Crippen molar-refractivity contribution in [2.75, 3.05) is 0 Å². The Hall–Kier alpha value is -1.61. The molecule has 0 unspecified atom stereocenters. The Morgan fingerprint density at radius 3 is 2.90 bits per heavy atom. The third-order valence-electron chi connectivity index (χ3n) is 3.03. The average Bonchev–Trinajstić information content (AvgIpc) is 2.79. The van der Waals surface area contributed by atoms with Gasteiger partial charge in [0.25, 0.3) is 5.19 Å². The molecule has 0 aliphatic heterocycles. The van der Waals surface area contributed by atoms with Crippen LogP contribution in [-0.2, 0) is 6.42 Å². The molecule has 0 N–H and O–H groups in total. The van der Waals surface area contributed by atoms with Gasteiger partial charge in [-0.1, -0.05) is 49.5 Å². The van der Waals surface area contributed by atoms with Crippen molar-refractivity contribution in [1.29, 1.82) is 0 Å². The minimum Gasteiger partial charge on any atom is -0.431 e. The summed E-state index contributed by atoms with van der Waals surface area (Å²) in [4.78, 5) is 5.87. The maximum atomic E-state index is 5.93. The summed E-state index contributed by atoms with van der Waals surface area (Å²) in [6.07, 6.45) is 15.7. The lowest BCUT2D eigenvalue weighted by Gasteiger charge is -2.06. The molecule has 1 aromatic rings. The molecule has 1 aromatic heterocycles. The van der Waals surface area contributed by atoms with E-state index in [1.807, 2.05) is 13.8 Å². The van der Waals surface area contributed by atoms with E-state index in [0.29, 0.717) is 0 Å². The maximum Gasteiger partial charge on any atom is 0.279 e. The molecule has 3 heteroatoms.